The molecule has 1 aliphatic carbocycles. The largest absolute Gasteiger partial charge is 0.0952 e. The third-order valence-corrected chi connectivity index (χ3v) is 6.04. The molecule has 0 N–H and O–H groups in total. The van der Waals surface area contributed by atoms with E-state index in [9.17, 15) is 0 Å². The Labute approximate surface area is 163 Å². The number of allylic oxidation sites excluding steroid dienone is 1. The Morgan fingerprint density at radius 2 is 1.56 bits per heavy atom. The summed E-state index contributed by atoms with van der Waals surface area (Å²) in [5.41, 5.74) is 11.1. The molecule has 0 aromatic heterocycles. The number of hydrogen-bond acceptors (Lipinski definition) is 0. The minimum atomic E-state index is 0.517. The van der Waals surface area contributed by atoms with E-state index in [0.717, 1.165) is 25.7 Å². The number of hydrogen-bond donors (Lipinski definition) is 0. The van der Waals surface area contributed by atoms with Crippen LogP contribution in [-0.4, -0.2) is 0 Å². The van der Waals surface area contributed by atoms with Gasteiger partial charge >= 0.3 is 0 Å². The van der Waals surface area contributed by atoms with Gasteiger partial charge in [0.15, 0.2) is 0 Å². The van der Waals surface area contributed by atoms with E-state index >= 15 is 0 Å². The maximum absolute atomic E-state index is 4.18. The molecule has 0 saturated heterocycles. The maximum atomic E-state index is 4.18. The van der Waals surface area contributed by atoms with Gasteiger partial charge in [0.05, 0.1) is 0 Å². The van der Waals surface area contributed by atoms with Crippen LogP contribution in [0, 0.1) is 0 Å². The summed E-state index contributed by atoms with van der Waals surface area (Å²) in [5.74, 6) is 0.517. The van der Waals surface area contributed by atoms with Gasteiger partial charge in [0.2, 0.25) is 0 Å². The van der Waals surface area contributed by atoms with Crippen molar-refractivity contribution in [2.45, 2.75) is 45.4 Å². The van der Waals surface area contributed by atoms with Gasteiger partial charge in [-0.1, -0.05) is 87.2 Å². The van der Waals surface area contributed by atoms with Crippen molar-refractivity contribution in [3.05, 3.63) is 101 Å². The van der Waals surface area contributed by atoms with Gasteiger partial charge in [0, 0.05) is 0 Å². The van der Waals surface area contributed by atoms with E-state index in [1.54, 1.807) is 0 Å². The minimum absolute atomic E-state index is 0.517. The highest BCUT2D eigenvalue weighted by Crippen LogP contribution is 2.38. The van der Waals surface area contributed by atoms with E-state index in [1.807, 2.05) is 0 Å². The highest BCUT2D eigenvalue weighted by atomic mass is 14.3. The quantitative estimate of drug-likeness (QED) is 0.465. The maximum Gasteiger partial charge on any atom is -0.00806 e. The second-order valence-corrected chi connectivity index (χ2v) is 7.69. The van der Waals surface area contributed by atoms with Crippen LogP contribution < -0.4 is 0 Å². The lowest BCUT2D eigenvalue weighted by atomic mass is 9.87. The van der Waals surface area contributed by atoms with Crippen molar-refractivity contribution in [2.75, 3.05) is 0 Å². The first-order valence-electron chi connectivity index (χ1n) is 10.2. The molecule has 1 atom stereocenters. The molecule has 4 rings (SSSR count). The predicted molar refractivity (Wildman–Crippen MR) is 117 cm³/mol. The second-order valence-electron chi connectivity index (χ2n) is 7.69. The fourth-order valence-corrected chi connectivity index (χ4v) is 4.29. The second kappa shape index (κ2) is 7.56. The zero-order valence-electron chi connectivity index (χ0n) is 16.5. The van der Waals surface area contributed by atoms with Crippen LogP contribution in [0.2, 0.25) is 0 Å². The van der Waals surface area contributed by atoms with Crippen LogP contribution in [-0.2, 0) is 19.3 Å². The Hall–Kier alpha value is -2.60. The first-order chi connectivity index (χ1) is 13.2. The Balaban J connectivity index is 1.76. The van der Waals surface area contributed by atoms with Crippen LogP contribution in [0.1, 0.15) is 54.0 Å². The van der Waals surface area contributed by atoms with Crippen molar-refractivity contribution < 1.29 is 0 Å². The molecular formula is C27H28. The third-order valence-electron chi connectivity index (χ3n) is 6.04. The van der Waals surface area contributed by atoms with E-state index in [0.29, 0.717) is 5.92 Å². The van der Waals surface area contributed by atoms with Gasteiger partial charge in [-0.3, -0.25) is 0 Å². The van der Waals surface area contributed by atoms with Crippen molar-refractivity contribution in [2.24, 2.45) is 0 Å². The van der Waals surface area contributed by atoms with Crippen molar-refractivity contribution in [1.29, 1.82) is 0 Å². The minimum Gasteiger partial charge on any atom is -0.0952 e. The summed E-state index contributed by atoms with van der Waals surface area (Å²) in [7, 11) is 0. The molecule has 0 heterocycles. The number of fused-ring (bicyclic) bond motifs is 3. The summed E-state index contributed by atoms with van der Waals surface area (Å²) in [4.78, 5) is 0. The van der Waals surface area contributed by atoms with E-state index in [2.05, 4.69) is 87.2 Å². The average molecular weight is 353 g/mol. The van der Waals surface area contributed by atoms with Gasteiger partial charge in [-0.2, -0.15) is 0 Å². The Morgan fingerprint density at radius 1 is 0.852 bits per heavy atom. The Kier molecular flexibility index (Phi) is 4.99. The van der Waals surface area contributed by atoms with Crippen molar-refractivity contribution in [3.63, 3.8) is 0 Å². The molecule has 0 aliphatic heterocycles. The predicted octanol–water partition coefficient (Wildman–Crippen LogP) is 7.22. The SMILES string of the molecule is C=C(CC)c1ccc(C2Cc3ccccc3-c3ccc(CC)cc3C2)cc1. The summed E-state index contributed by atoms with van der Waals surface area (Å²) in [5, 5.41) is 0. The molecule has 0 nitrogen and oxygen atoms in total. The van der Waals surface area contributed by atoms with Crippen LogP contribution in [0.5, 0.6) is 0 Å². The first-order valence-corrected chi connectivity index (χ1v) is 10.2. The lowest BCUT2D eigenvalue weighted by molar-refractivity contribution is 0.688. The summed E-state index contributed by atoms with van der Waals surface area (Å²) in [6.45, 7) is 8.59. The fourth-order valence-electron chi connectivity index (χ4n) is 4.29. The summed E-state index contributed by atoms with van der Waals surface area (Å²) in [6.07, 6.45) is 4.29. The molecule has 3 aromatic carbocycles. The number of benzene rings is 3. The number of aryl methyl sites for hydroxylation is 1. The molecule has 0 saturated carbocycles. The van der Waals surface area contributed by atoms with Gasteiger partial charge in [-0.05, 0) is 76.1 Å². The standard InChI is InChI=1S/C27H28/c1-4-19(3)21-11-13-22(14-12-21)24-17-23-8-6-7-9-26(23)27-15-10-20(5-2)16-25(27)18-24/h6-16,24H,3-5,17-18H2,1-2H3. The number of rotatable bonds is 4. The molecule has 3 aromatic rings. The first kappa shape index (κ1) is 17.8. The van der Waals surface area contributed by atoms with Crippen LogP contribution >= 0.6 is 0 Å². The highest BCUT2D eigenvalue weighted by Gasteiger charge is 2.22. The third kappa shape index (κ3) is 3.49. The van der Waals surface area contributed by atoms with E-state index in [-0.39, 0.29) is 0 Å². The van der Waals surface area contributed by atoms with E-state index in [1.165, 1.54) is 44.5 Å². The van der Waals surface area contributed by atoms with Crippen LogP contribution in [0.25, 0.3) is 16.7 Å². The normalized spacial score (nSPS) is 15.6. The molecule has 0 amide bonds. The summed E-state index contributed by atoms with van der Waals surface area (Å²) < 4.78 is 0. The highest BCUT2D eigenvalue weighted by molar-refractivity contribution is 5.73. The molecule has 0 radical (unpaired) electrons. The molecule has 1 aliphatic rings. The molecule has 27 heavy (non-hydrogen) atoms. The van der Waals surface area contributed by atoms with Crippen LogP contribution in [0.4, 0.5) is 0 Å². The zero-order chi connectivity index (χ0) is 18.8. The fraction of sp³-hybridized carbons (Fsp3) is 0.259. The van der Waals surface area contributed by atoms with Crippen molar-refractivity contribution >= 4 is 5.57 Å². The molecule has 0 bridgehead atoms. The molecule has 0 spiro atoms. The summed E-state index contributed by atoms with van der Waals surface area (Å²) in [6, 6.07) is 25.1. The average Bonchev–Trinajstić information content (AvgIpc) is 2.89. The molecular weight excluding hydrogens is 324 g/mol. The monoisotopic (exact) mass is 352 g/mol. The van der Waals surface area contributed by atoms with Gasteiger partial charge in [0.1, 0.15) is 0 Å². The van der Waals surface area contributed by atoms with E-state index in [4.69, 9.17) is 0 Å². The van der Waals surface area contributed by atoms with Gasteiger partial charge in [-0.25, -0.2) is 0 Å². The smallest absolute Gasteiger partial charge is 0.00806 e. The topological polar surface area (TPSA) is 0 Å². The van der Waals surface area contributed by atoms with Gasteiger partial charge < -0.3 is 0 Å². The van der Waals surface area contributed by atoms with Crippen molar-refractivity contribution in [3.8, 4) is 11.1 Å². The van der Waals surface area contributed by atoms with Gasteiger partial charge in [-0.15, -0.1) is 0 Å². The summed E-state index contributed by atoms with van der Waals surface area (Å²) >= 11 is 0. The molecule has 136 valence electrons. The molecule has 0 heteroatoms. The van der Waals surface area contributed by atoms with Crippen LogP contribution in [0.3, 0.4) is 0 Å². The lowest BCUT2D eigenvalue weighted by Crippen LogP contribution is -2.05. The molecule has 1 unspecified atom stereocenters. The zero-order valence-corrected chi connectivity index (χ0v) is 16.5. The Bertz CT molecular complexity index is 960. The van der Waals surface area contributed by atoms with Crippen LogP contribution in [0.15, 0.2) is 73.3 Å². The lowest BCUT2D eigenvalue weighted by Gasteiger charge is -2.17. The molecule has 0 fully saturated rings. The van der Waals surface area contributed by atoms with E-state index < -0.39 is 0 Å². The van der Waals surface area contributed by atoms with Crippen molar-refractivity contribution in [1.82, 2.24) is 0 Å². The van der Waals surface area contributed by atoms with Gasteiger partial charge in [0.25, 0.3) is 0 Å². The Morgan fingerprint density at radius 3 is 2.30 bits per heavy atom.